The fraction of sp³-hybridized carbons (Fsp3) is 0.0909. The second-order valence-electron chi connectivity index (χ2n) is 6.59. The van der Waals surface area contributed by atoms with Gasteiger partial charge in [-0.2, -0.15) is 8.42 Å². The van der Waals surface area contributed by atoms with Gasteiger partial charge in [0.05, 0.1) is 11.1 Å². The van der Waals surface area contributed by atoms with Crippen molar-refractivity contribution in [3.8, 4) is 11.4 Å². The molecule has 1 heterocycles. The van der Waals surface area contributed by atoms with Gasteiger partial charge in [0, 0.05) is 0 Å². The van der Waals surface area contributed by atoms with Crippen LogP contribution in [0.25, 0.3) is 16.6 Å². The number of fused-ring (bicyclic) bond motifs is 1. The van der Waals surface area contributed by atoms with Gasteiger partial charge < -0.3 is 4.18 Å². The summed E-state index contributed by atoms with van der Waals surface area (Å²) in [6.45, 7) is 3.62. The summed E-state index contributed by atoms with van der Waals surface area (Å²) in [6, 6.07) is 20.0. The average molecular weight is 406 g/mol. The number of benzene rings is 3. The van der Waals surface area contributed by atoms with Crippen LogP contribution in [-0.2, 0) is 10.1 Å². The molecule has 3 aromatic carbocycles. The van der Waals surface area contributed by atoms with E-state index in [-0.39, 0.29) is 27.1 Å². The normalized spacial score (nSPS) is 11.5. The SMILES string of the molecule is Cc1ccccc1-n1c(C)nc2c(OS(=O)(=O)c3ccccc3)cccc2c1=O. The van der Waals surface area contributed by atoms with Crippen LogP contribution in [0.4, 0.5) is 0 Å². The molecule has 0 aliphatic heterocycles. The van der Waals surface area contributed by atoms with Crippen molar-refractivity contribution in [3.63, 3.8) is 0 Å². The Kier molecular flexibility index (Phi) is 4.68. The fourth-order valence-electron chi connectivity index (χ4n) is 3.21. The minimum Gasteiger partial charge on any atom is -0.377 e. The molecule has 4 aromatic rings. The van der Waals surface area contributed by atoms with Gasteiger partial charge in [0.15, 0.2) is 5.75 Å². The molecule has 0 bridgehead atoms. The summed E-state index contributed by atoms with van der Waals surface area (Å²) in [5.74, 6) is 0.452. The zero-order chi connectivity index (χ0) is 20.6. The highest BCUT2D eigenvalue weighted by Gasteiger charge is 2.20. The first kappa shape index (κ1) is 18.9. The van der Waals surface area contributed by atoms with Crippen LogP contribution in [0.15, 0.2) is 82.5 Å². The molecule has 4 rings (SSSR count). The van der Waals surface area contributed by atoms with Crippen LogP contribution in [0, 0.1) is 13.8 Å². The second kappa shape index (κ2) is 7.18. The molecular weight excluding hydrogens is 388 g/mol. The molecule has 0 unspecified atom stereocenters. The molecule has 0 saturated heterocycles. The van der Waals surface area contributed by atoms with Crippen molar-refractivity contribution < 1.29 is 12.6 Å². The van der Waals surface area contributed by atoms with Crippen LogP contribution in [-0.4, -0.2) is 18.0 Å². The van der Waals surface area contributed by atoms with Gasteiger partial charge in [-0.15, -0.1) is 0 Å². The summed E-state index contributed by atoms with van der Waals surface area (Å²) in [5, 5.41) is 0.277. The molecule has 0 N–H and O–H groups in total. The van der Waals surface area contributed by atoms with E-state index in [1.54, 1.807) is 37.3 Å². The van der Waals surface area contributed by atoms with E-state index >= 15 is 0 Å². The van der Waals surface area contributed by atoms with Crippen molar-refractivity contribution >= 4 is 21.0 Å². The summed E-state index contributed by atoms with van der Waals surface area (Å²) in [5.41, 5.74) is 1.58. The maximum Gasteiger partial charge on any atom is 0.339 e. The maximum atomic E-state index is 13.2. The molecule has 6 nitrogen and oxygen atoms in total. The molecule has 0 saturated carbocycles. The van der Waals surface area contributed by atoms with Gasteiger partial charge in [0.25, 0.3) is 5.56 Å². The third-order valence-corrected chi connectivity index (χ3v) is 5.87. The predicted octanol–water partition coefficient (Wildman–Crippen LogP) is 3.77. The molecule has 0 aliphatic rings. The van der Waals surface area contributed by atoms with Gasteiger partial charge in [-0.1, -0.05) is 42.5 Å². The van der Waals surface area contributed by atoms with E-state index in [4.69, 9.17) is 4.18 Å². The zero-order valence-electron chi connectivity index (χ0n) is 15.9. The Bertz CT molecular complexity index is 1380. The third kappa shape index (κ3) is 3.40. The predicted molar refractivity (Wildman–Crippen MR) is 111 cm³/mol. The summed E-state index contributed by atoms with van der Waals surface area (Å²) >= 11 is 0. The Hall–Kier alpha value is -3.45. The first-order valence-corrected chi connectivity index (χ1v) is 10.4. The van der Waals surface area contributed by atoms with Crippen molar-refractivity contribution in [2.45, 2.75) is 18.7 Å². The molecule has 0 amide bonds. The minimum atomic E-state index is -4.05. The standard InChI is InChI=1S/C22H18N2O4S/c1-15-9-6-7-13-19(15)24-16(2)23-21-18(22(24)25)12-8-14-20(21)28-29(26,27)17-10-4-3-5-11-17/h3-14H,1-2H3. The third-order valence-electron chi connectivity index (χ3n) is 4.62. The van der Waals surface area contributed by atoms with Gasteiger partial charge in [-0.25, -0.2) is 4.98 Å². The van der Waals surface area contributed by atoms with E-state index in [2.05, 4.69) is 4.98 Å². The van der Waals surface area contributed by atoms with Crippen molar-refractivity contribution in [1.29, 1.82) is 0 Å². The van der Waals surface area contributed by atoms with E-state index in [1.807, 2.05) is 31.2 Å². The number of para-hydroxylation sites is 2. The van der Waals surface area contributed by atoms with Crippen LogP contribution in [0.2, 0.25) is 0 Å². The second-order valence-corrected chi connectivity index (χ2v) is 8.14. The molecule has 0 aliphatic carbocycles. The molecule has 0 spiro atoms. The smallest absolute Gasteiger partial charge is 0.339 e. The maximum absolute atomic E-state index is 13.2. The van der Waals surface area contributed by atoms with Crippen LogP contribution in [0.1, 0.15) is 11.4 Å². The van der Waals surface area contributed by atoms with Gasteiger partial charge in [0.2, 0.25) is 0 Å². The lowest BCUT2D eigenvalue weighted by Gasteiger charge is -2.14. The van der Waals surface area contributed by atoms with Crippen molar-refractivity contribution in [3.05, 3.63) is 94.5 Å². The van der Waals surface area contributed by atoms with Gasteiger partial charge >= 0.3 is 10.1 Å². The lowest BCUT2D eigenvalue weighted by Crippen LogP contribution is -2.23. The monoisotopic (exact) mass is 406 g/mol. The molecule has 0 radical (unpaired) electrons. The molecule has 0 atom stereocenters. The summed E-state index contributed by atoms with van der Waals surface area (Å²) in [7, 11) is -4.05. The fourth-order valence-corrected chi connectivity index (χ4v) is 4.17. The minimum absolute atomic E-state index is 0.0171. The number of rotatable bonds is 4. The molecular formula is C22H18N2O4S. The van der Waals surface area contributed by atoms with Gasteiger partial charge in [-0.05, 0) is 49.7 Å². The molecule has 7 heteroatoms. The Morgan fingerprint density at radius 1 is 0.862 bits per heavy atom. The molecule has 146 valence electrons. The van der Waals surface area contributed by atoms with Gasteiger partial charge in [0.1, 0.15) is 16.2 Å². The Morgan fingerprint density at radius 2 is 1.55 bits per heavy atom. The van der Waals surface area contributed by atoms with E-state index in [9.17, 15) is 13.2 Å². The molecule has 1 aromatic heterocycles. The summed E-state index contributed by atoms with van der Waals surface area (Å²) < 4.78 is 32.1. The van der Waals surface area contributed by atoms with Crippen LogP contribution < -0.4 is 9.74 Å². The van der Waals surface area contributed by atoms with Crippen LogP contribution >= 0.6 is 0 Å². The van der Waals surface area contributed by atoms with Crippen LogP contribution in [0.5, 0.6) is 5.75 Å². The first-order chi connectivity index (χ1) is 13.9. The van der Waals surface area contributed by atoms with E-state index in [1.165, 1.54) is 22.8 Å². The number of hydrogen-bond donors (Lipinski definition) is 0. The van der Waals surface area contributed by atoms with E-state index < -0.39 is 10.1 Å². The summed E-state index contributed by atoms with van der Waals surface area (Å²) in [4.78, 5) is 17.7. The Morgan fingerprint density at radius 3 is 2.28 bits per heavy atom. The van der Waals surface area contributed by atoms with Crippen molar-refractivity contribution in [1.82, 2.24) is 9.55 Å². The Balaban J connectivity index is 1.89. The number of nitrogens with zero attached hydrogens (tertiary/aromatic N) is 2. The number of hydrogen-bond acceptors (Lipinski definition) is 5. The quantitative estimate of drug-likeness (QED) is 0.482. The van der Waals surface area contributed by atoms with Crippen LogP contribution in [0.3, 0.4) is 0 Å². The highest BCUT2D eigenvalue weighted by Crippen LogP contribution is 2.26. The lowest BCUT2D eigenvalue weighted by atomic mass is 10.1. The van der Waals surface area contributed by atoms with E-state index in [0.717, 1.165) is 11.3 Å². The topological polar surface area (TPSA) is 78.3 Å². The number of aryl methyl sites for hydroxylation is 2. The van der Waals surface area contributed by atoms with Crippen molar-refractivity contribution in [2.24, 2.45) is 0 Å². The Labute approximate surface area is 168 Å². The van der Waals surface area contributed by atoms with Gasteiger partial charge in [-0.3, -0.25) is 9.36 Å². The zero-order valence-corrected chi connectivity index (χ0v) is 16.7. The highest BCUT2D eigenvalue weighted by molar-refractivity contribution is 7.87. The summed E-state index contributed by atoms with van der Waals surface area (Å²) in [6.07, 6.45) is 0. The first-order valence-electron chi connectivity index (χ1n) is 8.96. The molecule has 0 fully saturated rings. The highest BCUT2D eigenvalue weighted by atomic mass is 32.2. The number of aromatic nitrogens is 2. The van der Waals surface area contributed by atoms with Crippen molar-refractivity contribution in [2.75, 3.05) is 0 Å². The van der Waals surface area contributed by atoms with E-state index in [0.29, 0.717) is 5.82 Å². The molecule has 29 heavy (non-hydrogen) atoms. The lowest BCUT2D eigenvalue weighted by molar-refractivity contribution is 0.488. The largest absolute Gasteiger partial charge is 0.377 e. The average Bonchev–Trinajstić information content (AvgIpc) is 2.70.